The third-order valence-corrected chi connectivity index (χ3v) is 6.77. The lowest BCUT2D eigenvalue weighted by Crippen LogP contribution is -2.40. The van der Waals surface area contributed by atoms with Gasteiger partial charge in [-0.2, -0.15) is 0 Å². The second kappa shape index (κ2) is 12.6. The van der Waals surface area contributed by atoms with Crippen LogP contribution in [-0.4, -0.2) is 34.1 Å². The number of carbonyl (C=O) groups is 3. The van der Waals surface area contributed by atoms with E-state index in [1.165, 1.54) is 0 Å². The molecule has 36 heavy (non-hydrogen) atoms. The Bertz CT molecular complexity index is 1280. The average molecular weight is 528 g/mol. The summed E-state index contributed by atoms with van der Waals surface area (Å²) in [5.74, 6) is -4.57. The number of amides is 1. The fraction of sp³-hybridized carbons (Fsp3) is 0.250. The van der Waals surface area contributed by atoms with Crippen molar-refractivity contribution in [2.24, 2.45) is 11.8 Å². The predicted molar refractivity (Wildman–Crippen MR) is 142 cm³/mol. The number of rotatable bonds is 11. The predicted octanol–water partition coefficient (Wildman–Crippen LogP) is 6.09. The number of aliphatic carboxylic acids is 2. The van der Waals surface area contributed by atoms with Crippen LogP contribution in [0, 0.1) is 11.8 Å². The molecule has 0 radical (unpaired) electrons. The first-order valence-corrected chi connectivity index (χ1v) is 12.2. The van der Waals surface area contributed by atoms with Gasteiger partial charge in [0.1, 0.15) is 0 Å². The Morgan fingerprint density at radius 2 is 1.67 bits per heavy atom. The summed E-state index contributed by atoms with van der Waals surface area (Å²) in [5.41, 5.74) is 1.95. The number of fused-ring (bicyclic) bond motifs is 1. The summed E-state index contributed by atoms with van der Waals surface area (Å²) in [4.78, 5) is 35.0. The average Bonchev–Trinajstić information content (AvgIpc) is 2.83. The van der Waals surface area contributed by atoms with Gasteiger partial charge in [0.2, 0.25) is 5.91 Å². The molecule has 0 spiro atoms. The molecule has 3 aromatic carbocycles. The highest BCUT2D eigenvalue weighted by atomic mass is 35.5. The van der Waals surface area contributed by atoms with Crippen molar-refractivity contribution < 1.29 is 24.6 Å². The van der Waals surface area contributed by atoms with Gasteiger partial charge in [-0.1, -0.05) is 83.9 Å². The molecule has 6 nitrogen and oxygen atoms in total. The van der Waals surface area contributed by atoms with E-state index in [0.29, 0.717) is 16.5 Å². The van der Waals surface area contributed by atoms with Gasteiger partial charge < -0.3 is 15.5 Å². The molecule has 0 saturated carbocycles. The second-order valence-electron chi connectivity index (χ2n) is 8.74. The minimum atomic E-state index is -1.32. The zero-order valence-electron chi connectivity index (χ0n) is 19.7. The highest BCUT2D eigenvalue weighted by Gasteiger charge is 2.26. The van der Waals surface area contributed by atoms with Gasteiger partial charge in [-0.15, -0.1) is 0 Å². The molecule has 0 heterocycles. The molecule has 0 aliphatic rings. The molecule has 0 bridgehead atoms. The summed E-state index contributed by atoms with van der Waals surface area (Å²) >= 11 is 12.3. The number of carbonyl (C=O) groups excluding carboxylic acids is 1. The van der Waals surface area contributed by atoms with Crippen LogP contribution in [0.25, 0.3) is 16.8 Å². The van der Waals surface area contributed by atoms with Crippen molar-refractivity contribution in [3.8, 4) is 0 Å². The van der Waals surface area contributed by atoms with Crippen LogP contribution < -0.4 is 5.32 Å². The summed E-state index contributed by atoms with van der Waals surface area (Å²) in [6, 6.07) is 19.1. The highest BCUT2D eigenvalue weighted by molar-refractivity contribution is 6.42. The van der Waals surface area contributed by atoms with E-state index in [1.807, 2.05) is 67.6 Å². The summed E-state index contributed by atoms with van der Waals surface area (Å²) < 4.78 is 0. The van der Waals surface area contributed by atoms with Crippen LogP contribution >= 0.6 is 23.2 Å². The van der Waals surface area contributed by atoms with Gasteiger partial charge in [-0.05, 0) is 47.4 Å². The fourth-order valence-corrected chi connectivity index (χ4v) is 4.40. The summed E-state index contributed by atoms with van der Waals surface area (Å²) in [5, 5.41) is 24.2. The van der Waals surface area contributed by atoms with Crippen LogP contribution in [0.1, 0.15) is 30.9 Å². The fourth-order valence-electron chi connectivity index (χ4n) is 4.07. The highest BCUT2D eigenvalue weighted by Crippen LogP contribution is 2.26. The molecule has 3 rings (SSSR count). The number of hydrogen-bond acceptors (Lipinski definition) is 3. The standard InChI is InChI=1S/C28H27Cl2NO5/c1-17(31-26(32)15-22(28(35)36)16-27(33)34)21(13-18-9-12-24(29)25(30)14-18)11-10-20-7-4-6-19-5-2-3-8-23(19)20/h2-12,14,17,21-22H,13,15-16H2,1H3,(H,31,32)(H,33,34)(H,35,36). The Morgan fingerprint density at radius 1 is 0.944 bits per heavy atom. The Hall–Kier alpha value is -3.35. The van der Waals surface area contributed by atoms with Crippen LogP contribution in [-0.2, 0) is 20.8 Å². The normalized spacial score (nSPS) is 13.9. The van der Waals surface area contributed by atoms with Crippen molar-refractivity contribution in [3.05, 3.63) is 87.9 Å². The Labute approximate surface area is 219 Å². The zero-order chi connectivity index (χ0) is 26.2. The maximum Gasteiger partial charge on any atom is 0.307 e. The molecule has 0 aromatic heterocycles. The van der Waals surface area contributed by atoms with Crippen LogP contribution in [0.3, 0.4) is 0 Å². The molecule has 0 aliphatic carbocycles. The Balaban J connectivity index is 1.84. The summed E-state index contributed by atoms with van der Waals surface area (Å²) in [7, 11) is 0. The number of carboxylic acid groups (broad SMARTS) is 2. The van der Waals surface area contributed by atoms with Crippen LogP contribution in [0.15, 0.2) is 66.7 Å². The van der Waals surface area contributed by atoms with Gasteiger partial charge in [0.15, 0.2) is 0 Å². The lowest BCUT2D eigenvalue weighted by molar-refractivity contribution is -0.149. The van der Waals surface area contributed by atoms with Gasteiger partial charge in [0.05, 0.1) is 22.4 Å². The van der Waals surface area contributed by atoms with Crippen LogP contribution in [0.4, 0.5) is 0 Å². The third kappa shape index (κ3) is 7.57. The van der Waals surface area contributed by atoms with E-state index in [-0.39, 0.29) is 12.0 Å². The molecule has 3 unspecified atom stereocenters. The van der Waals surface area contributed by atoms with Crippen molar-refractivity contribution in [2.75, 3.05) is 0 Å². The van der Waals surface area contributed by atoms with Crippen molar-refractivity contribution in [1.29, 1.82) is 0 Å². The summed E-state index contributed by atoms with van der Waals surface area (Å²) in [6.45, 7) is 1.83. The Kier molecular flexibility index (Phi) is 9.51. The van der Waals surface area contributed by atoms with E-state index in [9.17, 15) is 19.5 Å². The minimum Gasteiger partial charge on any atom is -0.481 e. The number of halogens is 2. The summed E-state index contributed by atoms with van der Waals surface area (Å²) in [6.07, 6.45) is 3.53. The topological polar surface area (TPSA) is 104 Å². The molecule has 8 heteroatoms. The number of nitrogens with one attached hydrogen (secondary N) is 1. The van der Waals surface area contributed by atoms with E-state index in [2.05, 4.69) is 5.32 Å². The van der Waals surface area contributed by atoms with E-state index >= 15 is 0 Å². The third-order valence-electron chi connectivity index (χ3n) is 6.03. The van der Waals surface area contributed by atoms with E-state index in [4.69, 9.17) is 28.3 Å². The van der Waals surface area contributed by atoms with E-state index in [1.54, 1.807) is 12.1 Å². The van der Waals surface area contributed by atoms with Crippen molar-refractivity contribution in [1.82, 2.24) is 5.32 Å². The van der Waals surface area contributed by atoms with Gasteiger partial charge in [0.25, 0.3) is 0 Å². The lowest BCUT2D eigenvalue weighted by atomic mass is 9.91. The number of carboxylic acids is 2. The molecule has 0 fully saturated rings. The molecule has 188 valence electrons. The largest absolute Gasteiger partial charge is 0.481 e. The van der Waals surface area contributed by atoms with E-state index in [0.717, 1.165) is 21.9 Å². The molecule has 3 atom stereocenters. The number of hydrogen-bond donors (Lipinski definition) is 3. The zero-order valence-corrected chi connectivity index (χ0v) is 21.2. The molecule has 3 N–H and O–H groups in total. The van der Waals surface area contributed by atoms with Crippen molar-refractivity contribution in [3.63, 3.8) is 0 Å². The molecule has 1 amide bonds. The Morgan fingerprint density at radius 3 is 2.36 bits per heavy atom. The van der Waals surface area contributed by atoms with Gasteiger partial charge in [-0.25, -0.2) is 0 Å². The maximum atomic E-state index is 12.6. The molecule has 3 aromatic rings. The first-order valence-electron chi connectivity index (χ1n) is 11.5. The SMILES string of the molecule is CC(NC(=O)CC(CC(=O)O)C(=O)O)C(C=Cc1cccc2ccccc12)Cc1ccc(Cl)c(Cl)c1. The van der Waals surface area contributed by atoms with E-state index < -0.39 is 36.6 Å². The second-order valence-corrected chi connectivity index (χ2v) is 9.55. The van der Waals surface area contributed by atoms with Gasteiger partial charge in [0, 0.05) is 18.4 Å². The van der Waals surface area contributed by atoms with Crippen LogP contribution in [0.5, 0.6) is 0 Å². The molecule has 0 saturated heterocycles. The smallest absolute Gasteiger partial charge is 0.307 e. The number of benzene rings is 3. The van der Waals surface area contributed by atoms with Crippen molar-refractivity contribution in [2.45, 2.75) is 32.2 Å². The minimum absolute atomic E-state index is 0.173. The molecule has 0 aliphatic heterocycles. The first-order chi connectivity index (χ1) is 17.1. The quantitative estimate of drug-likeness (QED) is 0.280. The monoisotopic (exact) mass is 527 g/mol. The maximum absolute atomic E-state index is 12.6. The molecular weight excluding hydrogens is 501 g/mol. The van der Waals surface area contributed by atoms with Gasteiger partial charge in [-0.3, -0.25) is 14.4 Å². The lowest BCUT2D eigenvalue weighted by Gasteiger charge is -2.23. The first kappa shape index (κ1) is 27.2. The van der Waals surface area contributed by atoms with Crippen molar-refractivity contribution >= 4 is 57.9 Å². The van der Waals surface area contributed by atoms with Crippen LogP contribution in [0.2, 0.25) is 10.0 Å². The van der Waals surface area contributed by atoms with Gasteiger partial charge >= 0.3 is 11.9 Å². The molecular formula is C28H27Cl2NO5.